The summed E-state index contributed by atoms with van der Waals surface area (Å²) in [5.41, 5.74) is -4.58. The first-order chi connectivity index (χ1) is 16.3. The van der Waals surface area contributed by atoms with Gasteiger partial charge in [0.2, 0.25) is 0 Å². The van der Waals surface area contributed by atoms with Crippen molar-refractivity contribution in [3.05, 3.63) is 23.8 Å². The number of allylic oxidation sites excluding steroid dienone is 2. The fourth-order valence-electron chi connectivity index (χ4n) is 8.85. The number of aliphatic hydroxyl groups excluding tert-OH is 2. The van der Waals surface area contributed by atoms with E-state index in [1.165, 1.54) is 26.8 Å². The van der Waals surface area contributed by atoms with E-state index in [0.717, 1.165) is 11.6 Å². The molecule has 0 aromatic heterocycles. The van der Waals surface area contributed by atoms with Crippen molar-refractivity contribution in [3.63, 3.8) is 0 Å². The van der Waals surface area contributed by atoms with Crippen LogP contribution in [0.15, 0.2) is 23.8 Å². The van der Waals surface area contributed by atoms with E-state index in [0.29, 0.717) is 12.8 Å². The zero-order valence-corrected chi connectivity index (χ0v) is 22.5. The number of fused-ring (bicyclic) bond motifs is 5. The molecule has 0 amide bonds. The van der Waals surface area contributed by atoms with Crippen molar-refractivity contribution in [2.75, 3.05) is 0 Å². The van der Waals surface area contributed by atoms with Gasteiger partial charge >= 0.3 is 0 Å². The van der Waals surface area contributed by atoms with E-state index in [1.54, 1.807) is 0 Å². The summed E-state index contributed by atoms with van der Waals surface area (Å²) in [6.07, 6.45) is 3.67. The molecule has 0 saturated heterocycles. The Morgan fingerprint density at radius 3 is 2.28 bits per heavy atom. The molecule has 200 valence electrons. The summed E-state index contributed by atoms with van der Waals surface area (Å²) in [5.74, 6) is -2.34. The van der Waals surface area contributed by atoms with Gasteiger partial charge in [0.25, 0.3) is 0 Å². The molecule has 0 radical (unpaired) electrons. The third-order valence-corrected chi connectivity index (χ3v) is 10.1. The first-order valence-electron chi connectivity index (χ1n) is 13.1. The highest BCUT2D eigenvalue weighted by atomic mass is 16.3. The van der Waals surface area contributed by atoms with Gasteiger partial charge in [0.05, 0.1) is 11.7 Å². The zero-order chi connectivity index (χ0) is 27.2. The largest absolute Gasteiger partial charge is 0.393 e. The smallest absolute Gasteiger partial charge is 0.187 e. The SMILES string of the molecule is CC(C)(O)/C=C/C(=O)[C@](C)(O)[C@H]1[C@H](O)C[C@H]2[C@@H]3CC=C4C(C)(C)C(=O)[C@@H](O)C[C@@]4(C)[C@@H]3C(=O)C[C@@]21C. The van der Waals surface area contributed by atoms with Crippen LogP contribution in [0.25, 0.3) is 0 Å². The van der Waals surface area contributed by atoms with Gasteiger partial charge < -0.3 is 20.4 Å². The van der Waals surface area contributed by atoms with E-state index < -0.39 is 57.3 Å². The molecule has 0 bridgehead atoms. The number of rotatable bonds is 4. The summed E-state index contributed by atoms with van der Waals surface area (Å²) in [7, 11) is 0. The predicted octanol–water partition coefficient (Wildman–Crippen LogP) is 2.54. The highest BCUT2D eigenvalue weighted by Gasteiger charge is 2.69. The van der Waals surface area contributed by atoms with Crippen LogP contribution in [0.3, 0.4) is 0 Å². The van der Waals surface area contributed by atoms with Crippen molar-refractivity contribution in [2.45, 2.75) is 97.6 Å². The van der Waals surface area contributed by atoms with Crippen molar-refractivity contribution in [1.29, 1.82) is 0 Å². The molecule has 3 saturated carbocycles. The molecular formula is C29H42O7. The van der Waals surface area contributed by atoms with Gasteiger partial charge in [-0.05, 0) is 77.2 Å². The van der Waals surface area contributed by atoms with E-state index in [4.69, 9.17) is 0 Å². The van der Waals surface area contributed by atoms with Crippen LogP contribution in [-0.4, -0.2) is 61.2 Å². The lowest BCUT2D eigenvalue weighted by molar-refractivity contribution is -0.164. The summed E-state index contributed by atoms with van der Waals surface area (Å²) < 4.78 is 0. The van der Waals surface area contributed by atoms with Gasteiger partial charge in [0.1, 0.15) is 17.5 Å². The van der Waals surface area contributed by atoms with Gasteiger partial charge in [-0.15, -0.1) is 0 Å². The third-order valence-electron chi connectivity index (χ3n) is 10.1. The van der Waals surface area contributed by atoms with Crippen molar-refractivity contribution in [1.82, 2.24) is 0 Å². The summed E-state index contributed by atoms with van der Waals surface area (Å²) in [4.78, 5) is 39.8. The highest BCUT2D eigenvalue weighted by molar-refractivity contribution is 5.97. The minimum absolute atomic E-state index is 0.00131. The number of Topliss-reactive ketones (excluding diaryl/α,β-unsaturated/α-hetero) is 2. The topological polar surface area (TPSA) is 132 Å². The average Bonchev–Trinajstić information content (AvgIpc) is 2.99. The molecule has 3 fully saturated rings. The molecule has 9 atom stereocenters. The Hall–Kier alpha value is -1.67. The van der Waals surface area contributed by atoms with Crippen molar-refractivity contribution in [3.8, 4) is 0 Å². The second-order valence-corrected chi connectivity index (χ2v) is 13.7. The molecule has 4 rings (SSSR count). The van der Waals surface area contributed by atoms with Crippen molar-refractivity contribution < 1.29 is 34.8 Å². The fourth-order valence-corrected chi connectivity index (χ4v) is 8.85. The molecule has 0 aromatic carbocycles. The monoisotopic (exact) mass is 502 g/mol. The van der Waals surface area contributed by atoms with Crippen LogP contribution >= 0.6 is 0 Å². The quantitative estimate of drug-likeness (QED) is 0.343. The van der Waals surface area contributed by atoms with Gasteiger partial charge in [0.15, 0.2) is 11.6 Å². The normalized spacial score (nSPS) is 43.9. The van der Waals surface area contributed by atoms with Crippen LogP contribution in [0.5, 0.6) is 0 Å². The number of hydrogen-bond acceptors (Lipinski definition) is 7. The Kier molecular flexibility index (Phi) is 6.21. The average molecular weight is 503 g/mol. The first kappa shape index (κ1) is 27.4. The molecule has 36 heavy (non-hydrogen) atoms. The standard InChI is InChI=1S/C29H42O7/c1-25(2,35)11-10-21(33)29(7,36)23-17(30)12-16-15-8-9-20-26(3,4)24(34)19(32)14-28(20,6)22(15)18(31)13-27(16,23)5/h9-11,15-17,19,22-23,30,32,35-36H,8,12-14H2,1-7H3/b11-10+/t15-,16-,17+,19-,22-,23-,27-,28+,29-/m0/s1. The van der Waals surface area contributed by atoms with Crippen LogP contribution in [-0.2, 0) is 14.4 Å². The number of carbonyl (C=O) groups is 3. The van der Waals surface area contributed by atoms with E-state index in [1.807, 2.05) is 27.7 Å². The Bertz CT molecular complexity index is 1040. The lowest BCUT2D eigenvalue weighted by Gasteiger charge is -2.59. The van der Waals surface area contributed by atoms with E-state index in [9.17, 15) is 34.8 Å². The summed E-state index contributed by atoms with van der Waals surface area (Å²) >= 11 is 0. The van der Waals surface area contributed by atoms with Crippen molar-refractivity contribution in [2.24, 2.45) is 39.9 Å². The Morgan fingerprint density at radius 1 is 1.08 bits per heavy atom. The van der Waals surface area contributed by atoms with E-state index in [2.05, 4.69) is 6.08 Å². The summed E-state index contributed by atoms with van der Waals surface area (Å²) in [6.45, 7) is 12.0. The molecule has 0 aliphatic heterocycles. The van der Waals surface area contributed by atoms with Crippen LogP contribution in [0.4, 0.5) is 0 Å². The molecule has 4 N–H and O–H groups in total. The molecule has 4 aliphatic carbocycles. The maximum Gasteiger partial charge on any atom is 0.187 e. The second kappa shape index (κ2) is 8.16. The minimum atomic E-state index is -1.92. The molecule has 7 nitrogen and oxygen atoms in total. The van der Waals surface area contributed by atoms with Gasteiger partial charge in [-0.1, -0.05) is 31.6 Å². The zero-order valence-electron chi connectivity index (χ0n) is 22.5. The molecule has 0 heterocycles. The van der Waals surface area contributed by atoms with Crippen molar-refractivity contribution >= 4 is 17.3 Å². The van der Waals surface area contributed by atoms with Crippen LogP contribution in [0.2, 0.25) is 0 Å². The highest BCUT2D eigenvalue weighted by Crippen LogP contribution is 2.67. The number of aliphatic hydroxyl groups is 4. The lowest BCUT2D eigenvalue weighted by Crippen LogP contribution is -2.61. The second-order valence-electron chi connectivity index (χ2n) is 13.7. The van der Waals surface area contributed by atoms with Crippen LogP contribution < -0.4 is 0 Å². The summed E-state index contributed by atoms with van der Waals surface area (Å²) in [6, 6.07) is 0. The predicted molar refractivity (Wildman–Crippen MR) is 134 cm³/mol. The van der Waals surface area contributed by atoms with Crippen LogP contribution in [0, 0.1) is 39.9 Å². The molecule has 0 aromatic rings. The maximum absolute atomic E-state index is 14.0. The summed E-state index contributed by atoms with van der Waals surface area (Å²) in [5, 5.41) is 43.4. The Balaban J connectivity index is 1.74. The Morgan fingerprint density at radius 2 is 1.69 bits per heavy atom. The Labute approximate surface area is 213 Å². The van der Waals surface area contributed by atoms with E-state index in [-0.39, 0.29) is 36.2 Å². The molecule has 0 unspecified atom stereocenters. The van der Waals surface area contributed by atoms with Crippen LogP contribution in [0.1, 0.15) is 74.1 Å². The molecule has 7 heteroatoms. The first-order valence-corrected chi connectivity index (χ1v) is 13.1. The van der Waals surface area contributed by atoms with Gasteiger partial charge in [-0.2, -0.15) is 0 Å². The maximum atomic E-state index is 14.0. The van der Waals surface area contributed by atoms with E-state index >= 15 is 0 Å². The van der Waals surface area contributed by atoms with Gasteiger partial charge in [0, 0.05) is 29.1 Å². The number of hydrogen-bond donors (Lipinski definition) is 4. The molecule has 0 spiro atoms. The molecular weight excluding hydrogens is 460 g/mol. The number of ketones is 3. The number of carbonyl (C=O) groups excluding carboxylic acids is 3. The molecule has 4 aliphatic rings. The van der Waals surface area contributed by atoms with Gasteiger partial charge in [-0.25, -0.2) is 0 Å². The lowest BCUT2D eigenvalue weighted by atomic mass is 9.43. The third kappa shape index (κ3) is 3.80. The fraction of sp³-hybridized carbons (Fsp3) is 0.759. The minimum Gasteiger partial charge on any atom is -0.393 e. The van der Waals surface area contributed by atoms with Gasteiger partial charge in [-0.3, -0.25) is 14.4 Å².